The van der Waals surface area contributed by atoms with E-state index in [0.29, 0.717) is 6.54 Å². The summed E-state index contributed by atoms with van der Waals surface area (Å²) in [6.45, 7) is 2.87. The molecule has 4 nitrogen and oxygen atoms in total. The number of nitrogens with two attached hydrogens (primary N) is 1. The number of nitrogens with one attached hydrogen (secondary N) is 1. The molecule has 84 valence electrons. The van der Waals surface area contributed by atoms with Crippen LogP contribution in [0.2, 0.25) is 0 Å². The SMILES string of the molecule is CCCCCCCCCNC(=O)ON. The molecule has 0 aromatic rings. The van der Waals surface area contributed by atoms with Crippen molar-refractivity contribution in [2.24, 2.45) is 5.90 Å². The highest BCUT2D eigenvalue weighted by molar-refractivity contribution is 5.66. The van der Waals surface area contributed by atoms with Gasteiger partial charge in [-0.1, -0.05) is 45.4 Å². The molecule has 4 heteroatoms. The van der Waals surface area contributed by atoms with E-state index in [2.05, 4.69) is 23.0 Å². The average molecular weight is 202 g/mol. The molecule has 1 amide bonds. The van der Waals surface area contributed by atoms with E-state index >= 15 is 0 Å². The number of carbonyl (C=O) groups excluding carboxylic acids is 1. The lowest BCUT2D eigenvalue weighted by atomic mass is 10.1. The quantitative estimate of drug-likeness (QED) is 0.469. The first-order valence-electron chi connectivity index (χ1n) is 5.45. The lowest BCUT2D eigenvalue weighted by Crippen LogP contribution is -2.27. The Balaban J connectivity index is 2.95. The molecule has 0 saturated carbocycles. The molecule has 0 rings (SSSR count). The Bertz CT molecular complexity index is 140. The lowest BCUT2D eigenvalue weighted by Gasteiger charge is -2.02. The minimum Gasteiger partial charge on any atom is -0.357 e. The number of hydrogen-bond donors (Lipinski definition) is 2. The van der Waals surface area contributed by atoms with Crippen LogP contribution in [0.3, 0.4) is 0 Å². The van der Waals surface area contributed by atoms with Crippen molar-refractivity contribution in [3.8, 4) is 0 Å². The molecule has 0 unspecified atom stereocenters. The Hall–Kier alpha value is -0.770. The molecular formula is C10H22N2O2. The van der Waals surface area contributed by atoms with Crippen molar-refractivity contribution in [1.29, 1.82) is 0 Å². The fourth-order valence-electron chi connectivity index (χ4n) is 1.31. The maximum absolute atomic E-state index is 10.5. The first-order chi connectivity index (χ1) is 6.81. The van der Waals surface area contributed by atoms with Crippen molar-refractivity contribution in [3.63, 3.8) is 0 Å². The van der Waals surface area contributed by atoms with E-state index in [1.54, 1.807) is 0 Å². The van der Waals surface area contributed by atoms with Gasteiger partial charge in [0.25, 0.3) is 0 Å². The average Bonchev–Trinajstić information content (AvgIpc) is 2.21. The van der Waals surface area contributed by atoms with Crippen LogP contribution in [0.1, 0.15) is 51.9 Å². The summed E-state index contributed by atoms with van der Waals surface area (Å²) in [5.74, 6) is 4.66. The van der Waals surface area contributed by atoms with Crippen LogP contribution in [0.4, 0.5) is 4.79 Å². The molecule has 3 N–H and O–H groups in total. The van der Waals surface area contributed by atoms with Gasteiger partial charge < -0.3 is 10.2 Å². The van der Waals surface area contributed by atoms with Gasteiger partial charge >= 0.3 is 6.09 Å². The van der Waals surface area contributed by atoms with E-state index in [9.17, 15) is 4.79 Å². The summed E-state index contributed by atoms with van der Waals surface area (Å²) in [6.07, 6.45) is 8.11. The second kappa shape index (κ2) is 10.3. The molecule has 0 saturated heterocycles. The summed E-state index contributed by atoms with van der Waals surface area (Å²) in [7, 11) is 0. The molecule has 0 aromatic heterocycles. The lowest BCUT2D eigenvalue weighted by molar-refractivity contribution is 0.147. The number of carbonyl (C=O) groups is 1. The van der Waals surface area contributed by atoms with E-state index in [1.807, 2.05) is 0 Å². The highest BCUT2D eigenvalue weighted by Crippen LogP contribution is 2.06. The van der Waals surface area contributed by atoms with Crippen LogP contribution in [-0.2, 0) is 4.84 Å². The summed E-state index contributed by atoms with van der Waals surface area (Å²) in [4.78, 5) is 14.5. The Kier molecular flexibility index (Phi) is 9.74. The van der Waals surface area contributed by atoms with Gasteiger partial charge in [0.15, 0.2) is 0 Å². The molecule has 0 spiro atoms. The molecule has 0 aliphatic rings. The molecule has 0 aromatic carbocycles. The fourth-order valence-corrected chi connectivity index (χ4v) is 1.31. The zero-order valence-electron chi connectivity index (χ0n) is 9.05. The van der Waals surface area contributed by atoms with Gasteiger partial charge in [-0.3, -0.25) is 0 Å². The van der Waals surface area contributed by atoms with Crippen molar-refractivity contribution in [2.45, 2.75) is 51.9 Å². The molecule has 0 atom stereocenters. The summed E-state index contributed by atoms with van der Waals surface area (Å²) in [5.41, 5.74) is 0. The summed E-state index contributed by atoms with van der Waals surface area (Å²) in [5, 5.41) is 2.55. The smallest absolute Gasteiger partial charge is 0.357 e. The van der Waals surface area contributed by atoms with Gasteiger partial charge in [0, 0.05) is 6.54 Å². The predicted octanol–water partition coefficient (Wildman–Crippen LogP) is 2.34. The third-order valence-electron chi connectivity index (χ3n) is 2.16. The standard InChI is InChI=1S/C10H22N2O2/c1-2-3-4-5-6-7-8-9-12-10(13)14-11/h2-9,11H2,1H3,(H,12,13). The normalized spacial score (nSPS) is 9.86. The Morgan fingerprint density at radius 1 is 1.14 bits per heavy atom. The summed E-state index contributed by atoms with van der Waals surface area (Å²) in [6, 6.07) is 0. The fraction of sp³-hybridized carbons (Fsp3) is 0.900. The summed E-state index contributed by atoms with van der Waals surface area (Å²) >= 11 is 0. The van der Waals surface area contributed by atoms with E-state index in [4.69, 9.17) is 0 Å². The van der Waals surface area contributed by atoms with Crippen molar-refractivity contribution in [2.75, 3.05) is 6.54 Å². The maximum Gasteiger partial charge on any atom is 0.425 e. The van der Waals surface area contributed by atoms with Gasteiger partial charge in [0.1, 0.15) is 0 Å². The molecule has 0 heterocycles. The van der Waals surface area contributed by atoms with Crippen LogP contribution in [0.25, 0.3) is 0 Å². The van der Waals surface area contributed by atoms with E-state index in [-0.39, 0.29) is 0 Å². The molecule has 0 bridgehead atoms. The molecule has 0 aliphatic heterocycles. The minimum absolute atomic E-state index is 0.545. The Morgan fingerprint density at radius 3 is 2.29 bits per heavy atom. The van der Waals surface area contributed by atoms with E-state index in [0.717, 1.165) is 12.8 Å². The topological polar surface area (TPSA) is 64.3 Å². The van der Waals surface area contributed by atoms with Crippen LogP contribution >= 0.6 is 0 Å². The highest BCUT2D eigenvalue weighted by Gasteiger charge is 1.96. The third kappa shape index (κ3) is 9.32. The van der Waals surface area contributed by atoms with Crippen LogP contribution in [0.5, 0.6) is 0 Å². The number of rotatable bonds is 8. The number of amides is 1. The summed E-state index contributed by atoms with van der Waals surface area (Å²) < 4.78 is 0. The van der Waals surface area contributed by atoms with Crippen LogP contribution in [0.15, 0.2) is 0 Å². The van der Waals surface area contributed by atoms with Gasteiger partial charge in [0.2, 0.25) is 0 Å². The monoisotopic (exact) mass is 202 g/mol. The van der Waals surface area contributed by atoms with Crippen LogP contribution < -0.4 is 11.2 Å². The number of hydrogen-bond acceptors (Lipinski definition) is 3. The van der Waals surface area contributed by atoms with Crippen molar-refractivity contribution in [3.05, 3.63) is 0 Å². The zero-order chi connectivity index (χ0) is 10.6. The van der Waals surface area contributed by atoms with Gasteiger partial charge in [-0.15, -0.1) is 0 Å². The Labute approximate surface area is 86.1 Å². The van der Waals surface area contributed by atoms with Gasteiger partial charge in [-0.05, 0) is 6.42 Å². The van der Waals surface area contributed by atoms with Crippen molar-refractivity contribution < 1.29 is 9.63 Å². The van der Waals surface area contributed by atoms with Crippen molar-refractivity contribution in [1.82, 2.24) is 5.32 Å². The third-order valence-corrected chi connectivity index (χ3v) is 2.16. The second-order valence-electron chi connectivity index (χ2n) is 3.45. The minimum atomic E-state index is -0.545. The first-order valence-corrected chi connectivity index (χ1v) is 5.45. The maximum atomic E-state index is 10.5. The van der Waals surface area contributed by atoms with Gasteiger partial charge in [-0.2, -0.15) is 5.90 Å². The Morgan fingerprint density at radius 2 is 1.71 bits per heavy atom. The van der Waals surface area contributed by atoms with E-state index < -0.39 is 6.09 Å². The van der Waals surface area contributed by atoms with Crippen molar-refractivity contribution >= 4 is 6.09 Å². The predicted molar refractivity (Wildman–Crippen MR) is 56.7 cm³/mol. The molecule has 0 radical (unpaired) electrons. The van der Waals surface area contributed by atoms with Gasteiger partial charge in [0.05, 0.1) is 0 Å². The molecular weight excluding hydrogens is 180 g/mol. The molecule has 0 fully saturated rings. The first kappa shape index (κ1) is 13.2. The highest BCUT2D eigenvalue weighted by atomic mass is 16.7. The second-order valence-corrected chi connectivity index (χ2v) is 3.45. The molecule has 14 heavy (non-hydrogen) atoms. The largest absolute Gasteiger partial charge is 0.425 e. The van der Waals surface area contributed by atoms with Crippen LogP contribution in [-0.4, -0.2) is 12.6 Å². The zero-order valence-corrected chi connectivity index (χ0v) is 9.05. The number of unbranched alkanes of at least 4 members (excludes halogenated alkanes) is 6. The van der Waals surface area contributed by atoms with Gasteiger partial charge in [-0.25, -0.2) is 4.79 Å². The van der Waals surface area contributed by atoms with E-state index in [1.165, 1.54) is 32.1 Å². The van der Waals surface area contributed by atoms with Crippen LogP contribution in [0, 0.1) is 0 Å². The molecule has 0 aliphatic carbocycles.